The van der Waals surface area contributed by atoms with Crippen molar-refractivity contribution in [1.29, 1.82) is 0 Å². The number of piperidine rings is 1. The molecule has 0 spiro atoms. The molecule has 2 aliphatic rings. The van der Waals surface area contributed by atoms with Crippen LogP contribution < -0.4 is 5.32 Å². The first-order chi connectivity index (χ1) is 13.7. The van der Waals surface area contributed by atoms with Crippen LogP contribution in [0.3, 0.4) is 0 Å². The van der Waals surface area contributed by atoms with Crippen molar-refractivity contribution in [3.05, 3.63) is 24.8 Å². The van der Waals surface area contributed by atoms with Gasteiger partial charge in [0.1, 0.15) is 11.2 Å². The third-order valence-corrected chi connectivity index (χ3v) is 6.45. The lowest BCUT2D eigenvalue weighted by Gasteiger charge is -2.36. The molecule has 0 unspecified atom stereocenters. The fraction of sp³-hybridized carbons (Fsp3) is 0.550. The summed E-state index contributed by atoms with van der Waals surface area (Å²) in [7, 11) is 0. The van der Waals surface area contributed by atoms with Gasteiger partial charge in [-0.2, -0.15) is 0 Å². The van der Waals surface area contributed by atoms with E-state index in [1.54, 1.807) is 0 Å². The summed E-state index contributed by atoms with van der Waals surface area (Å²) in [6.07, 6.45) is 11.3. The van der Waals surface area contributed by atoms with Crippen molar-refractivity contribution < 1.29 is 9.90 Å². The van der Waals surface area contributed by atoms with Gasteiger partial charge in [-0.3, -0.25) is 0 Å². The van der Waals surface area contributed by atoms with Crippen molar-refractivity contribution in [3.63, 3.8) is 0 Å². The quantitative estimate of drug-likeness (QED) is 0.646. The Morgan fingerprint density at radius 3 is 2.61 bits per heavy atom. The van der Waals surface area contributed by atoms with Crippen molar-refractivity contribution in [2.24, 2.45) is 0 Å². The largest absolute Gasteiger partial charge is 0.465 e. The summed E-state index contributed by atoms with van der Waals surface area (Å²) in [5.41, 5.74) is 3.05. The summed E-state index contributed by atoms with van der Waals surface area (Å²) in [6, 6.07) is 3.52. The molecule has 5 rings (SSSR count). The lowest BCUT2D eigenvalue weighted by molar-refractivity contribution is 0.125. The van der Waals surface area contributed by atoms with Gasteiger partial charge in [0.2, 0.25) is 0 Å². The fourth-order valence-corrected chi connectivity index (χ4v) is 4.90. The molecule has 3 aromatic heterocycles. The minimum Gasteiger partial charge on any atom is -0.465 e. The molecule has 1 amide bonds. The molecule has 0 aromatic carbocycles. The zero-order valence-electron chi connectivity index (χ0n) is 15.8. The van der Waals surface area contributed by atoms with Gasteiger partial charge in [0.25, 0.3) is 0 Å². The molecule has 3 N–H and O–H groups in total. The van der Waals surface area contributed by atoms with E-state index in [0.29, 0.717) is 31.2 Å². The molecule has 3 aromatic rings. The van der Waals surface area contributed by atoms with Crippen LogP contribution in [0.2, 0.25) is 0 Å². The molecule has 1 saturated heterocycles. The highest BCUT2D eigenvalue weighted by Gasteiger charge is 2.28. The molecule has 0 radical (unpaired) electrons. The number of aromatic amines is 1. The van der Waals surface area contributed by atoms with Crippen molar-refractivity contribution >= 4 is 28.2 Å². The molecule has 8 heteroatoms. The van der Waals surface area contributed by atoms with E-state index in [4.69, 9.17) is 5.11 Å². The summed E-state index contributed by atoms with van der Waals surface area (Å²) in [4.78, 5) is 24.8. The maximum absolute atomic E-state index is 11.0. The number of nitrogens with one attached hydrogen (secondary N) is 2. The maximum Gasteiger partial charge on any atom is 0.407 e. The van der Waals surface area contributed by atoms with Gasteiger partial charge in [-0.1, -0.05) is 0 Å². The molecule has 8 nitrogen and oxygen atoms in total. The standard InChI is InChI=1S/C20H26N6O2/c27-20(28)25-9-6-14(7-10-25)24-13-1-3-15(4-2-13)26-12-23-17-11-22-19-16(18(17)26)5-8-21-19/h5,8,11-15,24H,1-4,6-7,9-10H2,(H,21,22)(H,27,28). The van der Waals surface area contributed by atoms with E-state index < -0.39 is 6.09 Å². The van der Waals surface area contributed by atoms with Crippen LogP contribution in [0.4, 0.5) is 4.79 Å². The lowest BCUT2D eigenvalue weighted by atomic mass is 9.89. The third-order valence-electron chi connectivity index (χ3n) is 6.45. The number of carboxylic acid groups (broad SMARTS) is 1. The number of nitrogens with zero attached hydrogens (tertiary/aromatic N) is 4. The van der Waals surface area contributed by atoms with E-state index in [1.165, 1.54) is 10.4 Å². The second kappa shape index (κ2) is 7.09. The second-order valence-electron chi connectivity index (χ2n) is 8.10. The number of H-pyrrole nitrogens is 1. The van der Waals surface area contributed by atoms with Crippen LogP contribution in [0.1, 0.15) is 44.6 Å². The summed E-state index contributed by atoms with van der Waals surface area (Å²) in [5.74, 6) is 0. The molecule has 1 aliphatic heterocycles. The van der Waals surface area contributed by atoms with Crippen LogP contribution in [-0.4, -0.2) is 60.8 Å². The SMILES string of the molecule is O=C(O)N1CCC(NC2CCC(n3cnc4cnc5[nH]ccc5c43)CC2)CC1. The van der Waals surface area contributed by atoms with E-state index in [2.05, 4.69) is 30.9 Å². The molecular weight excluding hydrogens is 356 g/mol. The van der Waals surface area contributed by atoms with Crippen LogP contribution in [0.15, 0.2) is 24.8 Å². The lowest BCUT2D eigenvalue weighted by Crippen LogP contribution is -2.48. The third kappa shape index (κ3) is 3.11. The number of aromatic nitrogens is 4. The Labute approximate surface area is 162 Å². The molecule has 0 atom stereocenters. The monoisotopic (exact) mass is 382 g/mol. The number of amides is 1. The van der Waals surface area contributed by atoms with Gasteiger partial charge in [-0.15, -0.1) is 0 Å². The average molecular weight is 382 g/mol. The highest BCUT2D eigenvalue weighted by molar-refractivity contribution is 6.00. The Kier molecular flexibility index (Phi) is 4.43. The van der Waals surface area contributed by atoms with Gasteiger partial charge in [0.05, 0.1) is 18.0 Å². The van der Waals surface area contributed by atoms with Crippen LogP contribution >= 0.6 is 0 Å². The topological polar surface area (TPSA) is 99.1 Å². The molecule has 2 fully saturated rings. The molecule has 28 heavy (non-hydrogen) atoms. The van der Waals surface area contributed by atoms with E-state index in [1.807, 2.05) is 18.7 Å². The van der Waals surface area contributed by atoms with Crippen LogP contribution in [0.25, 0.3) is 22.1 Å². The second-order valence-corrected chi connectivity index (χ2v) is 8.10. The van der Waals surface area contributed by atoms with Gasteiger partial charge >= 0.3 is 6.09 Å². The van der Waals surface area contributed by atoms with Gasteiger partial charge < -0.3 is 24.9 Å². The fourth-order valence-electron chi connectivity index (χ4n) is 4.90. The number of likely N-dealkylation sites (tertiary alicyclic amines) is 1. The highest BCUT2D eigenvalue weighted by atomic mass is 16.4. The number of fused-ring (bicyclic) bond motifs is 3. The van der Waals surface area contributed by atoms with Gasteiger partial charge in [-0.05, 0) is 44.6 Å². The summed E-state index contributed by atoms with van der Waals surface area (Å²) in [5, 5.41) is 14.0. The summed E-state index contributed by atoms with van der Waals surface area (Å²) < 4.78 is 2.34. The van der Waals surface area contributed by atoms with Crippen LogP contribution in [0.5, 0.6) is 0 Å². The Morgan fingerprint density at radius 1 is 1.11 bits per heavy atom. The molecule has 148 valence electrons. The van der Waals surface area contributed by atoms with Crippen molar-refractivity contribution in [1.82, 2.24) is 29.7 Å². The van der Waals surface area contributed by atoms with E-state index >= 15 is 0 Å². The number of carbonyl (C=O) groups is 1. The number of hydrogen-bond donors (Lipinski definition) is 3. The highest BCUT2D eigenvalue weighted by Crippen LogP contribution is 2.33. The summed E-state index contributed by atoms with van der Waals surface area (Å²) in [6.45, 7) is 1.29. The Hall–Kier alpha value is -2.61. The maximum atomic E-state index is 11.0. The number of pyridine rings is 1. The Morgan fingerprint density at radius 2 is 1.86 bits per heavy atom. The first-order valence-corrected chi connectivity index (χ1v) is 10.2. The zero-order chi connectivity index (χ0) is 19.1. The predicted octanol–water partition coefficient (Wildman–Crippen LogP) is 3.13. The molecular formula is C20H26N6O2. The van der Waals surface area contributed by atoms with E-state index in [9.17, 15) is 4.79 Å². The van der Waals surface area contributed by atoms with Crippen LogP contribution in [-0.2, 0) is 0 Å². The minimum absolute atomic E-state index is 0.441. The Balaban J connectivity index is 1.23. The smallest absolute Gasteiger partial charge is 0.407 e. The molecule has 1 saturated carbocycles. The van der Waals surface area contributed by atoms with Crippen molar-refractivity contribution in [2.45, 2.75) is 56.7 Å². The van der Waals surface area contributed by atoms with Crippen molar-refractivity contribution in [3.8, 4) is 0 Å². The average Bonchev–Trinajstić information content (AvgIpc) is 3.35. The molecule has 1 aliphatic carbocycles. The zero-order valence-corrected chi connectivity index (χ0v) is 15.8. The van der Waals surface area contributed by atoms with Crippen LogP contribution in [0, 0.1) is 0 Å². The normalized spacial score (nSPS) is 24.2. The number of hydrogen-bond acceptors (Lipinski definition) is 4. The van der Waals surface area contributed by atoms with E-state index in [0.717, 1.165) is 55.1 Å². The minimum atomic E-state index is -0.793. The molecule has 4 heterocycles. The molecule has 0 bridgehead atoms. The predicted molar refractivity (Wildman–Crippen MR) is 106 cm³/mol. The van der Waals surface area contributed by atoms with Gasteiger partial charge in [0, 0.05) is 42.8 Å². The summed E-state index contributed by atoms with van der Waals surface area (Å²) >= 11 is 0. The number of rotatable bonds is 3. The van der Waals surface area contributed by atoms with E-state index in [-0.39, 0.29) is 0 Å². The first-order valence-electron chi connectivity index (χ1n) is 10.2. The van der Waals surface area contributed by atoms with Crippen molar-refractivity contribution in [2.75, 3.05) is 13.1 Å². The number of imidazole rings is 1. The van der Waals surface area contributed by atoms with Gasteiger partial charge in [0.15, 0.2) is 0 Å². The van der Waals surface area contributed by atoms with Gasteiger partial charge in [-0.25, -0.2) is 14.8 Å². The Bertz CT molecular complexity index is 979. The first kappa shape index (κ1) is 17.5.